The van der Waals surface area contributed by atoms with Crippen LogP contribution in [0, 0.1) is 0 Å². The Labute approximate surface area is 60.2 Å². The molecule has 0 nitrogen and oxygen atoms in total. The van der Waals surface area contributed by atoms with Crippen LogP contribution in [0.15, 0.2) is 0 Å². The molecule has 0 saturated heterocycles. The number of rotatable bonds is 3. The number of hydrogen-bond acceptors (Lipinski definition) is 0. The highest BCUT2D eigenvalue weighted by Crippen LogP contribution is 1.95. The van der Waals surface area contributed by atoms with Crippen molar-refractivity contribution in [1.29, 1.82) is 0 Å². The van der Waals surface area contributed by atoms with Crippen LogP contribution in [0.2, 0.25) is 0 Å². The van der Waals surface area contributed by atoms with Gasteiger partial charge >= 0.3 is 0 Å². The van der Waals surface area contributed by atoms with Crippen LogP contribution >= 0.6 is 0 Å². The van der Waals surface area contributed by atoms with Gasteiger partial charge in [-0.2, -0.15) is 0 Å². The summed E-state index contributed by atoms with van der Waals surface area (Å²) in [5, 5.41) is 0. The standard InChI is InChI=1S/C6H14/c1-3-5-6-4-2/h3-6H2,1-2H3/i1D3,2D3,3D2,4D2,5D2,6D2. The van der Waals surface area contributed by atoms with Gasteiger partial charge in [-0.05, 0) is 0 Å². The summed E-state index contributed by atoms with van der Waals surface area (Å²) < 4.78 is 100. The Morgan fingerprint density at radius 1 is 1.33 bits per heavy atom. The van der Waals surface area contributed by atoms with Gasteiger partial charge in [0.2, 0.25) is 0 Å². The van der Waals surface area contributed by atoms with Crippen molar-refractivity contribution in [3.8, 4) is 0 Å². The molecule has 0 unspecified atom stereocenters. The van der Waals surface area contributed by atoms with E-state index in [0.29, 0.717) is 0 Å². The molecule has 0 aliphatic rings. The first kappa shape index (κ1) is 0.416. The maximum absolute atomic E-state index is 7.39. The molecule has 0 N–H and O–H groups in total. The van der Waals surface area contributed by atoms with Crippen molar-refractivity contribution >= 4 is 0 Å². The lowest BCUT2D eigenvalue weighted by atomic mass is 10.2. The zero-order valence-electron chi connectivity index (χ0n) is 17.0. The average molecular weight is 100 g/mol. The molecular formula is C6H14. The van der Waals surface area contributed by atoms with Crippen molar-refractivity contribution in [1.82, 2.24) is 0 Å². The normalized spacial score (nSPS) is 57.3. The van der Waals surface area contributed by atoms with Gasteiger partial charge in [0.15, 0.2) is 0 Å². The predicted molar refractivity (Wildman–Crippen MR) is 29.8 cm³/mol. The van der Waals surface area contributed by atoms with Gasteiger partial charge in [-0.15, -0.1) is 0 Å². The smallest absolute Gasteiger partial charge is 0.0266 e. The zero-order chi connectivity index (χ0) is 17.0. The SMILES string of the molecule is [2H]C([2H])([2H])C([2H])([2H])C([2H])([2H])C([2H])([2H])C([2H])([2H])C([2H])([2H])[2H]. The largest absolute Gasteiger partial charge is 0.0654 e. The van der Waals surface area contributed by atoms with Crippen molar-refractivity contribution < 1.29 is 19.2 Å². The Hall–Kier alpha value is 0. The lowest BCUT2D eigenvalue weighted by Gasteiger charge is -1.86. The average Bonchev–Trinajstić information content (AvgIpc) is 2.12. The Balaban J connectivity index is 6.08. The minimum Gasteiger partial charge on any atom is -0.0654 e. The molecule has 0 saturated carbocycles. The zero-order valence-corrected chi connectivity index (χ0v) is 3.00. The summed E-state index contributed by atoms with van der Waals surface area (Å²) in [4.78, 5) is 0. The molecule has 0 aliphatic carbocycles. The van der Waals surface area contributed by atoms with Crippen LogP contribution in [0.1, 0.15) is 58.4 Å². The van der Waals surface area contributed by atoms with Gasteiger partial charge in [0.1, 0.15) is 0 Å². The Kier molecular flexibility index (Phi) is 0.346. The predicted octanol–water partition coefficient (Wildman–Crippen LogP) is 2.59. The molecule has 0 spiro atoms. The Bertz CT molecular complexity index is 319. The topological polar surface area (TPSA) is 0 Å². The fourth-order valence-electron chi connectivity index (χ4n) is 0.0625. The third-order valence-electron chi connectivity index (χ3n) is 0.188. The third-order valence-corrected chi connectivity index (χ3v) is 0.188. The van der Waals surface area contributed by atoms with Gasteiger partial charge < -0.3 is 0 Å². The van der Waals surface area contributed by atoms with E-state index in [-0.39, 0.29) is 0 Å². The summed E-state index contributed by atoms with van der Waals surface area (Å²) in [6.45, 7) is -7.21. The quantitative estimate of drug-likeness (QED) is 0.511. The third kappa shape index (κ3) is 4.00. The molecule has 0 aromatic carbocycles. The van der Waals surface area contributed by atoms with Crippen molar-refractivity contribution in [2.75, 3.05) is 0 Å². The first-order valence-corrected chi connectivity index (χ1v) is 1.25. The summed E-state index contributed by atoms with van der Waals surface area (Å²) in [7, 11) is 0. The van der Waals surface area contributed by atoms with E-state index in [4.69, 9.17) is 19.2 Å². The van der Waals surface area contributed by atoms with Crippen molar-refractivity contribution in [2.24, 2.45) is 0 Å². The van der Waals surface area contributed by atoms with Crippen LogP contribution in [-0.2, 0) is 0 Å². The highest BCUT2D eigenvalue weighted by atomic mass is 13.8. The summed E-state index contributed by atoms with van der Waals surface area (Å²) in [6.07, 6.45) is -15.4. The van der Waals surface area contributed by atoms with Crippen molar-refractivity contribution in [3.63, 3.8) is 0 Å². The highest BCUT2D eigenvalue weighted by Gasteiger charge is 1.75. The lowest BCUT2D eigenvalue weighted by Crippen LogP contribution is -1.66. The van der Waals surface area contributed by atoms with E-state index < -0.39 is 39.2 Å². The summed E-state index contributed by atoms with van der Waals surface area (Å²) in [5.74, 6) is 0. The molecule has 0 fully saturated rings. The number of hydrogen-bond donors (Lipinski definition) is 0. The van der Waals surface area contributed by atoms with E-state index in [9.17, 15) is 0 Å². The maximum Gasteiger partial charge on any atom is 0.0266 e. The van der Waals surface area contributed by atoms with Crippen LogP contribution in [0.4, 0.5) is 0 Å². The molecule has 0 heteroatoms. The first-order valence-electron chi connectivity index (χ1n) is 8.25. The molecule has 0 rings (SSSR count). The second-order valence-electron chi connectivity index (χ2n) is 0.500. The summed E-state index contributed by atoms with van der Waals surface area (Å²) >= 11 is 0. The molecule has 0 radical (unpaired) electrons. The van der Waals surface area contributed by atoms with Crippen molar-refractivity contribution in [3.05, 3.63) is 0 Å². The molecule has 0 heterocycles. The van der Waals surface area contributed by atoms with Gasteiger partial charge in [-0.1, -0.05) is 39.2 Å². The molecule has 0 amide bonds. The van der Waals surface area contributed by atoms with E-state index in [1.165, 1.54) is 0 Å². The van der Waals surface area contributed by atoms with E-state index in [1.54, 1.807) is 0 Å². The van der Waals surface area contributed by atoms with Gasteiger partial charge in [-0.25, -0.2) is 0 Å². The Morgan fingerprint density at radius 2 is 1.83 bits per heavy atom. The van der Waals surface area contributed by atoms with E-state index in [1.807, 2.05) is 0 Å². The molecule has 0 aromatic heterocycles. The van der Waals surface area contributed by atoms with E-state index in [0.717, 1.165) is 0 Å². The maximum atomic E-state index is 7.39. The fraction of sp³-hybridized carbons (Fsp3) is 1.00. The highest BCUT2D eigenvalue weighted by molar-refractivity contribution is 4.31. The van der Waals surface area contributed by atoms with Gasteiger partial charge in [0.25, 0.3) is 0 Å². The van der Waals surface area contributed by atoms with Crippen molar-refractivity contribution in [2.45, 2.75) is 39.2 Å². The van der Waals surface area contributed by atoms with Crippen LogP contribution in [0.5, 0.6) is 0 Å². The van der Waals surface area contributed by atoms with Crippen LogP contribution < -0.4 is 0 Å². The monoisotopic (exact) mass is 100 g/mol. The van der Waals surface area contributed by atoms with Crippen LogP contribution in [0.3, 0.4) is 0 Å². The molecule has 6 heavy (non-hydrogen) atoms. The minimum absolute atomic E-state index is 3.60. The lowest BCUT2D eigenvalue weighted by molar-refractivity contribution is 0.702. The molecular weight excluding hydrogens is 72.1 g/mol. The summed E-state index contributed by atoms with van der Waals surface area (Å²) in [5.41, 5.74) is 0. The molecule has 0 aromatic rings. The van der Waals surface area contributed by atoms with Crippen LogP contribution in [-0.4, -0.2) is 0 Å². The Morgan fingerprint density at radius 3 is 2.17 bits per heavy atom. The van der Waals surface area contributed by atoms with Crippen LogP contribution in [0.25, 0.3) is 0 Å². The molecule has 38 valence electrons. The van der Waals surface area contributed by atoms with E-state index in [2.05, 4.69) is 0 Å². The molecule has 0 atom stereocenters. The van der Waals surface area contributed by atoms with Gasteiger partial charge in [-0.3, -0.25) is 0 Å². The second-order valence-corrected chi connectivity index (χ2v) is 0.500. The van der Waals surface area contributed by atoms with Gasteiger partial charge in [0.05, 0.1) is 0 Å². The van der Waals surface area contributed by atoms with Gasteiger partial charge in [0, 0.05) is 19.2 Å². The summed E-state index contributed by atoms with van der Waals surface area (Å²) in [6, 6.07) is 0. The first-order chi connectivity index (χ1) is 8.25. The minimum atomic E-state index is -3.91. The second kappa shape index (κ2) is 5.00. The fourth-order valence-corrected chi connectivity index (χ4v) is 0.0625. The van der Waals surface area contributed by atoms with E-state index >= 15 is 0 Å². The molecule has 0 aliphatic heterocycles. The molecule has 0 bridgehead atoms.